The summed E-state index contributed by atoms with van der Waals surface area (Å²) in [5, 5.41) is 0.462. The van der Waals surface area contributed by atoms with E-state index in [-0.39, 0.29) is 11.9 Å². The number of aliphatic imine (C=N–C) groups is 1. The van der Waals surface area contributed by atoms with Crippen LogP contribution in [0.1, 0.15) is 50.1 Å². The van der Waals surface area contributed by atoms with Crippen LogP contribution in [0.4, 0.5) is 4.39 Å². The van der Waals surface area contributed by atoms with Crippen LogP contribution >= 0.6 is 11.6 Å². The molecule has 5 heteroatoms. The third-order valence-corrected chi connectivity index (χ3v) is 4.91. The van der Waals surface area contributed by atoms with Gasteiger partial charge in [-0.05, 0) is 25.0 Å². The van der Waals surface area contributed by atoms with Gasteiger partial charge in [0.05, 0.1) is 12.6 Å². The van der Waals surface area contributed by atoms with Gasteiger partial charge in [-0.2, -0.15) is 0 Å². The second-order valence-corrected chi connectivity index (χ2v) is 6.31. The lowest BCUT2D eigenvalue weighted by Crippen LogP contribution is -2.44. The van der Waals surface area contributed by atoms with E-state index in [4.69, 9.17) is 17.3 Å². The maximum Gasteiger partial charge on any atom is 0.192 e. The zero-order chi connectivity index (χ0) is 14.8. The molecule has 3 nitrogen and oxygen atoms in total. The van der Waals surface area contributed by atoms with Gasteiger partial charge >= 0.3 is 0 Å². The SMILES string of the molecule is NC1=NCC(c2c(F)cccc2Cl)N1C1CCCCCC1. The van der Waals surface area contributed by atoms with E-state index in [9.17, 15) is 4.39 Å². The van der Waals surface area contributed by atoms with Crippen molar-refractivity contribution in [2.24, 2.45) is 10.7 Å². The Hall–Kier alpha value is -1.29. The van der Waals surface area contributed by atoms with Gasteiger partial charge in [0.15, 0.2) is 5.96 Å². The van der Waals surface area contributed by atoms with E-state index < -0.39 is 0 Å². The first-order chi connectivity index (χ1) is 10.2. The number of guanidine groups is 1. The molecule has 0 bridgehead atoms. The summed E-state index contributed by atoms with van der Waals surface area (Å²) in [7, 11) is 0. The molecule has 1 unspecified atom stereocenters. The lowest BCUT2D eigenvalue weighted by Gasteiger charge is -2.34. The molecular weight excluding hydrogens is 289 g/mol. The highest BCUT2D eigenvalue weighted by Crippen LogP contribution is 2.36. The molecule has 2 N–H and O–H groups in total. The highest BCUT2D eigenvalue weighted by molar-refractivity contribution is 6.31. The van der Waals surface area contributed by atoms with Crippen molar-refractivity contribution in [3.8, 4) is 0 Å². The fourth-order valence-electron chi connectivity index (χ4n) is 3.55. The minimum Gasteiger partial charge on any atom is -0.370 e. The summed E-state index contributed by atoms with van der Waals surface area (Å²) in [4.78, 5) is 6.47. The molecule has 0 amide bonds. The highest BCUT2D eigenvalue weighted by Gasteiger charge is 2.35. The molecule has 1 aromatic carbocycles. The van der Waals surface area contributed by atoms with Crippen molar-refractivity contribution < 1.29 is 4.39 Å². The monoisotopic (exact) mass is 309 g/mol. The maximum atomic E-state index is 14.2. The van der Waals surface area contributed by atoms with Crippen LogP contribution in [0.25, 0.3) is 0 Å². The number of hydrogen-bond donors (Lipinski definition) is 1. The van der Waals surface area contributed by atoms with E-state index >= 15 is 0 Å². The maximum absolute atomic E-state index is 14.2. The van der Waals surface area contributed by atoms with E-state index in [1.54, 1.807) is 12.1 Å². The Kier molecular flexibility index (Phi) is 4.34. The van der Waals surface area contributed by atoms with Crippen LogP contribution in [-0.4, -0.2) is 23.4 Å². The van der Waals surface area contributed by atoms with Gasteiger partial charge in [-0.25, -0.2) is 4.39 Å². The van der Waals surface area contributed by atoms with Crippen LogP contribution in [0.15, 0.2) is 23.2 Å². The van der Waals surface area contributed by atoms with E-state index in [1.165, 1.54) is 31.7 Å². The van der Waals surface area contributed by atoms with E-state index in [0.717, 1.165) is 12.8 Å². The topological polar surface area (TPSA) is 41.6 Å². The van der Waals surface area contributed by atoms with Gasteiger partial charge in [0.25, 0.3) is 0 Å². The van der Waals surface area contributed by atoms with Gasteiger partial charge in [-0.1, -0.05) is 43.4 Å². The molecule has 21 heavy (non-hydrogen) atoms. The largest absolute Gasteiger partial charge is 0.370 e. The number of nitrogens with zero attached hydrogens (tertiary/aromatic N) is 2. The molecule has 1 aliphatic carbocycles. The Morgan fingerprint density at radius 3 is 2.57 bits per heavy atom. The Bertz CT molecular complexity index is 518. The predicted molar refractivity (Wildman–Crippen MR) is 84.0 cm³/mol. The zero-order valence-corrected chi connectivity index (χ0v) is 12.8. The molecule has 1 atom stereocenters. The van der Waals surface area contributed by atoms with E-state index in [1.807, 2.05) is 0 Å². The van der Waals surface area contributed by atoms with Gasteiger partial charge in [-0.15, -0.1) is 0 Å². The third-order valence-electron chi connectivity index (χ3n) is 4.58. The van der Waals surface area contributed by atoms with Gasteiger partial charge in [0, 0.05) is 16.6 Å². The molecule has 1 aromatic rings. The van der Waals surface area contributed by atoms with Crippen molar-refractivity contribution >= 4 is 17.6 Å². The Morgan fingerprint density at radius 1 is 1.19 bits per heavy atom. The first kappa shape index (κ1) is 14.6. The molecule has 3 rings (SSSR count). The highest BCUT2D eigenvalue weighted by atomic mass is 35.5. The lowest BCUT2D eigenvalue weighted by molar-refractivity contribution is 0.233. The summed E-state index contributed by atoms with van der Waals surface area (Å²) in [6.07, 6.45) is 7.13. The molecule has 1 heterocycles. The minimum absolute atomic E-state index is 0.165. The quantitative estimate of drug-likeness (QED) is 0.843. The van der Waals surface area contributed by atoms with Crippen molar-refractivity contribution in [3.05, 3.63) is 34.6 Å². The van der Waals surface area contributed by atoms with Gasteiger partial charge < -0.3 is 10.6 Å². The van der Waals surface area contributed by atoms with E-state index in [0.29, 0.717) is 29.1 Å². The fourth-order valence-corrected chi connectivity index (χ4v) is 3.84. The Morgan fingerprint density at radius 2 is 1.90 bits per heavy atom. The van der Waals surface area contributed by atoms with Crippen LogP contribution in [0.2, 0.25) is 5.02 Å². The number of rotatable bonds is 2. The number of halogens is 2. The van der Waals surface area contributed by atoms with Gasteiger partial charge in [-0.3, -0.25) is 4.99 Å². The normalized spacial score (nSPS) is 24.0. The molecule has 0 radical (unpaired) electrons. The van der Waals surface area contributed by atoms with Crippen LogP contribution < -0.4 is 5.73 Å². The fraction of sp³-hybridized carbons (Fsp3) is 0.562. The molecule has 1 aliphatic heterocycles. The van der Waals surface area contributed by atoms with E-state index in [2.05, 4.69) is 9.89 Å². The summed E-state index contributed by atoms with van der Waals surface area (Å²) < 4.78 is 14.2. The van der Waals surface area contributed by atoms with Crippen molar-refractivity contribution in [1.82, 2.24) is 4.90 Å². The van der Waals surface area contributed by atoms with Crippen LogP contribution in [0.3, 0.4) is 0 Å². The van der Waals surface area contributed by atoms with Crippen molar-refractivity contribution in [1.29, 1.82) is 0 Å². The minimum atomic E-state index is -0.268. The summed E-state index contributed by atoms with van der Waals surface area (Å²) in [6, 6.07) is 5.01. The molecule has 0 aromatic heterocycles. The number of benzene rings is 1. The van der Waals surface area contributed by atoms with Crippen LogP contribution in [0, 0.1) is 5.82 Å². The first-order valence-corrected chi connectivity index (χ1v) is 8.08. The summed E-state index contributed by atoms with van der Waals surface area (Å²) in [5.74, 6) is 0.266. The molecule has 2 aliphatic rings. The molecule has 114 valence electrons. The molecule has 1 fully saturated rings. The molecule has 0 spiro atoms. The predicted octanol–water partition coefficient (Wildman–Crippen LogP) is 3.87. The first-order valence-electron chi connectivity index (χ1n) is 7.70. The average molecular weight is 310 g/mol. The lowest BCUT2D eigenvalue weighted by atomic mass is 10.0. The molecule has 0 saturated heterocycles. The van der Waals surface area contributed by atoms with Gasteiger partial charge in [0.1, 0.15) is 5.82 Å². The average Bonchev–Trinajstić information content (AvgIpc) is 2.67. The number of nitrogens with two attached hydrogens (primary N) is 1. The summed E-state index contributed by atoms with van der Waals surface area (Å²) in [5.41, 5.74) is 6.63. The standard InChI is InChI=1S/C16H21ClFN3/c17-12-8-5-9-13(18)15(12)14-10-20-16(19)21(14)11-6-3-1-2-4-7-11/h5,8-9,11,14H,1-4,6-7,10H2,(H2,19,20). The second-order valence-electron chi connectivity index (χ2n) is 5.90. The number of hydrogen-bond acceptors (Lipinski definition) is 3. The third kappa shape index (κ3) is 2.86. The molecule has 1 saturated carbocycles. The summed E-state index contributed by atoms with van der Waals surface area (Å²) in [6.45, 7) is 0.489. The Labute approximate surface area is 130 Å². The van der Waals surface area contributed by atoms with Crippen LogP contribution in [-0.2, 0) is 0 Å². The van der Waals surface area contributed by atoms with Gasteiger partial charge in [0.2, 0.25) is 0 Å². The summed E-state index contributed by atoms with van der Waals surface area (Å²) >= 11 is 6.24. The van der Waals surface area contributed by atoms with Crippen molar-refractivity contribution in [2.75, 3.05) is 6.54 Å². The smallest absolute Gasteiger partial charge is 0.192 e. The van der Waals surface area contributed by atoms with Crippen molar-refractivity contribution in [2.45, 2.75) is 50.6 Å². The second kappa shape index (κ2) is 6.22. The van der Waals surface area contributed by atoms with Crippen LogP contribution in [0.5, 0.6) is 0 Å². The molecular formula is C16H21ClFN3. The Balaban J connectivity index is 1.91. The van der Waals surface area contributed by atoms with Crippen molar-refractivity contribution in [3.63, 3.8) is 0 Å². The zero-order valence-electron chi connectivity index (χ0n) is 12.1.